The van der Waals surface area contributed by atoms with Crippen molar-refractivity contribution < 1.29 is 13.6 Å². The number of nitrogens with two attached hydrogens (primary N) is 1. The van der Waals surface area contributed by atoms with Crippen LogP contribution in [0.3, 0.4) is 0 Å². The van der Waals surface area contributed by atoms with Crippen LogP contribution in [0, 0.1) is 0 Å². The molecule has 0 bridgehead atoms. The zero-order chi connectivity index (χ0) is 13.9. The van der Waals surface area contributed by atoms with Gasteiger partial charge in [-0.1, -0.05) is 23.4 Å². The molecule has 0 saturated heterocycles. The molecule has 2 rings (SSSR count). The lowest BCUT2D eigenvalue weighted by Gasteiger charge is -2.05. The second-order valence-corrected chi connectivity index (χ2v) is 5.78. The first-order chi connectivity index (χ1) is 9.05. The Morgan fingerprint density at radius 3 is 2.00 bits per heavy atom. The van der Waals surface area contributed by atoms with Crippen LogP contribution < -0.4 is 5.73 Å². The van der Waals surface area contributed by atoms with Crippen molar-refractivity contribution in [1.82, 2.24) is 0 Å². The zero-order valence-corrected chi connectivity index (χ0v) is 10.7. The summed E-state index contributed by atoms with van der Waals surface area (Å²) in [4.78, 5) is 0.389. The fraction of sp³-hybridized carbons (Fsp3) is 0. The highest BCUT2D eigenvalue weighted by Crippen LogP contribution is 2.20. The van der Waals surface area contributed by atoms with Gasteiger partial charge in [-0.25, -0.2) is 8.42 Å². The third-order valence-corrected chi connectivity index (χ3v) is 4.41. The van der Waals surface area contributed by atoms with Crippen molar-refractivity contribution in [3.8, 4) is 0 Å². The molecule has 0 aliphatic heterocycles. The van der Waals surface area contributed by atoms with Crippen LogP contribution in [0.4, 0.5) is 0 Å². The summed E-state index contributed by atoms with van der Waals surface area (Å²) in [5.74, 6) is -0.0661. The molecular weight excluding hydrogens is 264 g/mol. The summed E-state index contributed by atoms with van der Waals surface area (Å²) in [6, 6.07) is 14.0. The van der Waals surface area contributed by atoms with Crippen LogP contribution in [0.15, 0.2) is 69.5 Å². The van der Waals surface area contributed by atoms with Gasteiger partial charge in [-0.05, 0) is 36.4 Å². The lowest BCUT2D eigenvalue weighted by atomic mass is 10.2. The molecule has 0 amide bonds. The van der Waals surface area contributed by atoms with E-state index in [4.69, 9.17) is 10.9 Å². The van der Waals surface area contributed by atoms with Crippen LogP contribution in [0.1, 0.15) is 5.56 Å². The Morgan fingerprint density at radius 1 is 0.947 bits per heavy atom. The van der Waals surface area contributed by atoms with E-state index >= 15 is 0 Å². The van der Waals surface area contributed by atoms with Gasteiger partial charge in [0, 0.05) is 5.56 Å². The van der Waals surface area contributed by atoms with Crippen LogP contribution in [-0.2, 0) is 9.84 Å². The van der Waals surface area contributed by atoms with Gasteiger partial charge >= 0.3 is 0 Å². The Bertz CT molecular complexity index is 692. The van der Waals surface area contributed by atoms with E-state index in [9.17, 15) is 8.42 Å². The van der Waals surface area contributed by atoms with Crippen molar-refractivity contribution in [2.75, 3.05) is 0 Å². The number of oxime groups is 1. The van der Waals surface area contributed by atoms with E-state index in [1.807, 2.05) is 0 Å². The second kappa shape index (κ2) is 5.11. The minimum atomic E-state index is -3.53. The molecule has 0 aliphatic rings. The van der Waals surface area contributed by atoms with Crippen LogP contribution >= 0.6 is 0 Å². The van der Waals surface area contributed by atoms with Gasteiger partial charge in [0.05, 0.1) is 9.79 Å². The zero-order valence-electron chi connectivity index (χ0n) is 9.89. The lowest BCUT2D eigenvalue weighted by Crippen LogP contribution is -2.13. The lowest BCUT2D eigenvalue weighted by molar-refractivity contribution is 0.318. The van der Waals surface area contributed by atoms with Crippen molar-refractivity contribution in [3.63, 3.8) is 0 Å². The SMILES string of the molecule is N/C(=N\O)c1ccc(S(=O)(=O)c2ccccc2)cc1. The number of nitrogens with zero attached hydrogens (tertiary/aromatic N) is 1. The molecule has 0 spiro atoms. The van der Waals surface area contributed by atoms with Crippen molar-refractivity contribution in [2.24, 2.45) is 10.9 Å². The van der Waals surface area contributed by atoms with E-state index in [0.29, 0.717) is 5.56 Å². The summed E-state index contributed by atoms with van der Waals surface area (Å²) < 4.78 is 24.5. The molecule has 0 unspecified atom stereocenters. The van der Waals surface area contributed by atoms with Gasteiger partial charge in [-0.2, -0.15) is 0 Å². The third kappa shape index (κ3) is 2.58. The van der Waals surface area contributed by atoms with Crippen LogP contribution in [-0.4, -0.2) is 19.5 Å². The van der Waals surface area contributed by atoms with E-state index in [1.54, 1.807) is 18.2 Å². The molecule has 0 saturated carbocycles. The largest absolute Gasteiger partial charge is 0.409 e. The number of sulfone groups is 1. The Balaban J connectivity index is 2.43. The minimum absolute atomic E-state index is 0.0661. The molecule has 2 aromatic rings. The van der Waals surface area contributed by atoms with E-state index < -0.39 is 9.84 Å². The van der Waals surface area contributed by atoms with E-state index in [2.05, 4.69) is 5.16 Å². The Morgan fingerprint density at radius 2 is 1.47 bits per heavy atom. The van der Waals surface area contributed by atoms with Gasteiger partial charge in [-0.3, -0.25) is 0 Å². The molecule has 5 nitrogen and oxygen atoms in total. The van der Waals surface area contributed by atoms with Crippen molar-refractivity contribution in [1.29, 1.82) is 0 Å². The number of benzene rings is 2. The molecule has 3 N–H and O–H groups in total. The second-order valence-electron chi connectivity index (χ2n) is 3.83. The molecule has 6 heteroatoms. The molecule has 0 radical (unpaired) electrons. The van der Waals surface area contributed by atoms with Crippen LogP contribution in [0.2, 0.25) is 0 Å². The maximum Gasteiger partial charge on any atom is 0.206 e. The van der Waals surface area contributed by atoms with Gasteiger partial charge in [0.15, 0.2) is 5.84 Å². The molecule has 19 heavy (non-hydrogen) atoms. The number of hydrogen-bond acceptors (Lipinski definition) is 4. The summed E-state index contributed by atoms with van der Waals surface area (Å²) in [6.45, 7) is 0. The molecule has 0 aliphatic carbocycles. The Hall–Kier alpha value is -2.34. The maximum atomic E-state index is 12.3. The van der Waals surface area contributed by atoms with Crippen molar-refractivity contribution in [2.45, 2.75) is 9.79 Å². The van der Waals surface area contributed by atoms with Gasteiger partial charge in [0.2, 0.25) is 9.84 Å². The average molecular weight is 276 g/mol. The van der Waals surface area contributed by atoms with E-state index in [0.717, 1.165) is 0 Å². The van der Waals surface area contributed by atoms with Crippen LogP contribution in [0.25, 0.3) is 0 Å². The minimum Gasteiger partial charge on any atom is -0.409 e. The normalized spacial score (nSPS) is 12.3. The number of rotatable bonds is 3. The third-order valence-electron chi connectivity index (χ3n) is 2.62. The monoisotopic (exact) mass is 276 g/mol. The molecule has 98 valence electrons. The first-order valence-corrected chi connectivity index (χ1v) is 6.92. The maximum absolute atomic E-state index is 12.3. The molecular formula is C13H12N2O3S. The first kappa shape index (κ1) is 13.1. The smallest absolute Gasteiger partial charge is 0.206 e. The highest BCUT2D eigenvalue weighted by molar-refractivity contribution is 7.91. The van der Waals surface area contributed by atoms with Crippen molar-refractivity contribution >= 4 is 15.7 Å². The van der Waals surface area contributed by atoms with Crippen LogP contribution in [0.5, 0.6) is 0 Å². The predicted molar refractivity (Wildman–Crippen MR) is 70.8 cm³/mol. The van der Waals surface area contributed by atoms with Gasteiger partial charge < -0.3 is 10.9 Å². The predicted octanol–water partition coefficient (Wildman–Crippen LogP) is 1.61. The quantitative estimate of drug-likeness (QED) is 0.385. The molecule has 0 aromatic heterocycles. The topological polar surface area (TPSA) is 92.8 Å². The Labute approximate surface area is 110 Å². The molecule has 0 fully saturated rings. The van der Waals surface area contributed by atoms with Crippen molar-refractivity contribution in [3.05, 3.63) is 60.2 Å². The summed E-state index contributed by atoms with van der Waals surface area (Å²) in [5, 5.41) is 11.4. The summed E-state index contributed by atoms with van der Waals surface area (Å²) >= 11 is 0. The summed E-state index contributed by atoms with van der Waals surface area (Å²) in [7, 11) is -3.53. The number of amidine groups is 1. The van der Waals surface area contributed by atoms with E-state index in [-0.39, 0.29) is 15.6 Å². The molecule has 2 aromatic carbocycles. The molecule has 0 heterocycles. The Kier molecular flexibility index (Phi) is 3.52. The average Bonchev–Trinajstić information content (AvgIpc) is 2.47. The fourth-order valence-corrected chi connectivity index (χ4v) is 2.88. The summed E-state index contributed by atoms with van der Waals surface area (Å²) in [6.07, 6.45) is 0. The standard InChI is InChI=1S/C13H12N2O3S/c14-13(15-16)10-6-8-12(9-7-10)19(17,18)11-4-2-1-3-5-11/h1-9,16H,(H2,14,15). The van der Waals surface area contributed by atoms with Gasteiger partial charge in [0.1, 0.15) is 0 Å². The first-order valence-electron chi connectivity index (χ1n) is 5.44. The van der Waals surface area contributed by atoms with E-state index in [1.165, 1.54) is 36.4 Å². The highest BCUT2D eigenvalue weighted by Gasteiger charge is 2.16. The summed E-state index contributed by atoms with van der Waals surface area (Å²) in [5.41, 5.74) is 5.87. The van der Waals surface area contributed by atoms with Gasteiger partial charge in [-0.15, -0.1) is 0 Å². The molecule has 0 atom stereocenters. The van der Waals surface area contributed by atoms with Gasteiger partial charge in [0.25, 0.3) is 0 Å². The number of hydrogen-bond donors (Lipinski definition) is 2. The fourth-order valence-electron chi connectivity index (χ4n) is 1.60. The highest BCUT2D eigenvalue weighted by atomic mass is 32.2.